The molecule has 0 aliphatic heterocycles. The highest BCUT2D eigenvalue weighted by molar-refractivity contribution is 9.10. The topological polar surface area (TPSA) is 71.5 Å². The minimum absolute atomic E-state index is 0.169. The molecule has 1 unspecified atom stereocenters. The van der Waals surface area contributed by atoms with E-state index in [-0.39, 0.29) is 19.1 Å². The number of rotatable bonds is 5. The Morgan fingerprint density at radius 3 is 3.06 bits per heavy atom. The van der Waals surface area contributed by atoms with Gasteiger partial charge in [-0.1, -0.05) is 0 Å². The van der Waals surface area contributed by atoms with Crippen molar-refractivity contribution in [3.63, 3.8) is 0 Å². The van der Waals surface area contributed by atoms with E-state index in [1.54, 1.807) is 18.3 Å². The normalized spacial score (nSPS) is 12.2. The van der Waals surface area contributed by atoms with Crippen LogP contribution in [-0.4, -0.2) is 42.4 Å². The lowest BCUT2D eigenvalue weighted by molar-refractivity contribution is 0.0838. The third kappa shape index (κ3) is 3.55. The van der Waals surface area contributed by atoms with E-state index in [0.29, 0.717) is 10.2 Å². The van der Waals surface area contributed by atoms with Crippen LogP contribution in [-0.2, 0) is 4.74 Å². The van der Waals surface area contributed by atoms with E-state index in [2.05, 4.69) is 26.2 Å². The molecule has 0 fully saturated rings. The standard InChI is InChI=1S/C10H13BrN2O3/c1-16-6-7(5-14)13-10(15)8-3-2-4-12-9(8)11/h2-4,7,14H,5-6H2,1H3,(H,13,15). The fourth-order valence-electron chi connectivity index (χ4n) is 1.16. The first-order chi connectivity index (χ1) is 7.69. The van der Waals surface area contributed by atoms with Gasteiger partial charge in [-0.05, 0) is 28.1 Å². The average Bonchev–Trinajstić information content (AvgIpc) is 2.28. The highest BCUT2D eigenvalue weighted by Crippen LogP contribution is 2.12. The molecule has 88 valence electrons. The molecule has 0 radical (unpaired) electrons. The van der Waals surface area contributed by atoms with Gasteiger partial charge in [-0.3, -0.25) is 4.79 Å². The van der Waals surface area contributed by atoms with Crippen molar-refractivity contribution in [2.24, 2.45) is 0 Å². The van der Waals surface area contributed by atoms with Gasteiger partial charge in [-0.2, -0.15) is 0 Å². The summed E-state index contributed by atoms with van der Waals surface area (Å²) in [6.45, 7) is 0.0948. The molecule has 0 aliphatic carbocycles. The predicted octanol–water partition coefficient (Wildman–Crippen LogP) is 0.581. The largest absolute Gasteiger partial charge is 0.394 e. The van der Waals surface area contributed by atoms with Gasteiger partial charge in [0.05, 0.1) is 24.8 Å². The smallest absolute Gasteiger partial charge is 0.254 e. The zero-order valence-corrected chi connectivity index (χ0v) is 10.4. The third-order valence-electron chi connectivity index (χ3n) is 1.93. The Morgan fingerprint density at radius 2 is 2.50 bits per heavy atom. The van der Waals surface area contributed by atoms with Crippen molar-refractivity contribution in [2.45, 2.75) is 6.04 Å². The molecule has 1 amide bonds. The second-order valence-corrected chi connectivity index (χ2v) is 3.90. The van der Waals surface area contributed by atoms with Crippen molar-refractivity contribution in [3.8, 4) is 0 Å². The van der Waals surface area contributed by atoms with Crippen LogP contribution in [0.4, 0.5) is 0 Å². The van der Waals surface area contributed by atoms with Crippen LogP contribution in [0.5, 0.6) is 0 Å². The van der Waals surface area contributed by atoms with Gasteiger partial charge in [-0.15, -0.1) is 0 Å². The molecule has 0 bridgehead atoms. The Hall–Kier alpha value is -0.980. The van der Waals surface area contributed by atoms with Crippen LogP contribution in [0.25, 0.3) is 0 Å². The molecule has 0 saturated carbocycles. The van der Waals surface area contributed by atoms with Crippen LogP contribution < -0.4 is 5.32 Å². The van der Waals surface area contributed by atoms with E-state index in [1.165, 1.54) is 7.11 Å². The number of pyridine rings is 1. The first-order valence-corrected chi connectivity index (χ1v) is 5.49. The summed E-state index contributed by atoms with van der Waals surface area (Å²) in [5, 5.41) is 11.6. The summed E-state index contributed by atoms with van der Waals surface area (Å²) in [6, 6.07) is 2.90. The monoisotopic (exact) mass is 288 g/mol. The molecule has 16 heavy (non-hydrogen) atoms. The average molecular weight is 289 g/mol. The lowest BCUT2D eigenvalue weighted by Gasteiger charge is -2.15. The van der Waals surface area contributed by atoms with Gasteiger partial charge in [0.15, 0.2) is 0 Å². The number of nitrogens with one attached hydrogen (secondary N) is 1. The number of aromatic nitrogens is 1. The van der Waals surface area contributed by atoms with E-state index >= 15 is 0 Å². The van der Waals surface area contributed by atoms with E-state index in [0.717, 1.165) is 0 Å². The molecule has 1 rings (SSSR count). The lowest BCUT2D eigenvalue weighted by Crippen LogP contribution is -2.40. The number of carbonyl (C=O) groups excluding carboxylic acids is 1. The maximum atomic E-state index is 11.8. The van der Waals surface area contributed by atoms with Crippen LogP contribution in [0, 0.1) is 0 Å². The Morgan fingerprint density at radius 1 is 1.75 bits per heavy atom. The van der Waals surface area contributed by atoms with E-state index in [9.17, 15) is 4.79 Å². The fourth-order valence-corrected chi connectivity index (χ4v) is 1.59. The van der Waals surface area contributed by atoms with Crippen molar-refractivity contribution in [1.29, 1.82) is 0 Å². The van der Waals surface area contributed by atoms with Gasteiger partial charge in [-0.25, -0.2) is 4.98 Å². The number of aliphatic hydroxyl groups excluding tert-OH is 1. The number of ether oxygens (including phenoxy) is 1. The molecule has 1 heterocycles. The second-order valence-electron chi connectivity index (χ2n) is 3.15. The Balaban J connectivity index is 2.68. The molecule has 0 aromatic carbocycles. The Bertz CT molecular complexity index is 360. The minimum atomic E-state index is -0.412. The quantitative estimate of drug-likeness (QED) is 0.778. The number of carbonyl (C=O) groups is 1. The summed E-state index contributed by atoms with van der Waals surface area (Å²) in [4.78, 5) is 15.7. The van der Waals surface area contributed by atoms with Crippen LogP contribution in [0.2, 0.25) is 0 Å². The summed E-state index contributed by atoms with van der Waals surface area (Å²) < 4.78 is 5.33. The number of aliphatic hydroxyl groups is 1. The van der Waals surface area contributed by atoms with Crippen molar-refractivity contribution >= 4 is 21.8 Å². The molecule has 1 aromatic heterocycles. The van der Waals surface area contributed by atoms with Crippen molar-refractivity contribution in [3.05, 3.63) is 28.5 Å². The second kappa shape index (κ2) is 6.57. The van der Waals surface area contributed by atoms with Crippen molar-refractivity contribution in [1.82, 2.24) is 10.3 Å². The SMILES string of the molecule is COCC(CO)NC(=O)c1cccnc1Br. The van der Waals surface area contributed by atoms with Crippen LogP contribution >= 0.6 is 15.9 Å². The zero-order chi connectivity index (χ0) is 12.0. The van der Waals surface area contributed by atoms with Crippen LogP contribution in [0.3, 0.4) is 0 Å². The molecule has 2 N–H and O–H groups in total. The number of halogens is 1. The number of methoxy groups -OCH3 is 1. The van der Waals surface area contributed by atoms with E-state index in [4.69, 9.17) is 9.84 Å². The first-order valence-electron chi connectivity index (χ1n) is 4.70. The van der Waals surface area contributed by atoms with Gasteiger partial charge in [0.1, 0.15) is 4.60 Å². The summed E-state index contributed by atoms with van der Waals surface area (Å²) >= 11 is 3.18. The van der Waals surface area contributed by atoms with Crippen LogP contribution in [0.15, 0.2) is 22.9 Å². The van der Waals surface area contributed by atoms with Crippen molar-refractivity contribution in [2.75, 3.05) is 20.3 Å². The highest BCUT2D eigenvalue weighted by atomic mass is 79.9. The van der Waals surface area contributed by atoms with Gasteiger partial charge >= 0.3 is 0 Å². The fraction of sp³-hybridized carbons (Fsp3) is 0.400. The van der Waals surface area contributed by atoms with E-state index in [1.807, 2.05) is 0 Å². The highest BCUT2D eigenvalue weighted by Gasteiger charge is 2.15. The van der Waals surface area contributed by atoms with Gasteiger partial charge in [0.25, 0.3) is 5.91 Å². The molecular weight excluding hydrogens is 276 g/mol. The summed E-state index contributed by atoms with van der Waals surface area (Å²) in [6.07, 6.45) is 1.58. The number of amides is 1. The lowest BCUT2D eigenvalue weighted by atomic mass is 10.2. The summed E-state index contributed by atoms with van der Waals surface area (Å²) in [5.41, 5.74) is 0.428. The predicted molar refractivity (Wildman–Crippen MR) is 62.2 cm³/mol. The van der Waals surface area contributed by atoms with Crippen molar-refractivity contribution < 1.29 is 14.6 Å². The van der Waals surface area contributed by atoms with Gasteiger partial charge < -0.3 is 15.2 Å². The Labute approximate surface area is 102 Å². The Kier molecular flexibility index (Phi) is 5.37. The number of hydrogen-bond donors (Lipinski definition) is 2. The third-order valence-corrected chi connectivity index (χ3v) is 2.56. The summed E-state index contributed by atoms with van der Waals surface area (Å²) in [7, 11) is 1.51. The number of nitrogens with zero attached hydrogens (tertiary/aromatic N) is 1. The van der Waals surface area contributed by atoms with Gasteiger partial charge in [0, 0.05) is 13.3 Å². The van der Waals surface area contributed by atoms with Gasteiger partial charge in [0.2, 0.25) is 0 Å². The van der Waals surface area contributed by atoms with Crippen LogP contribution in [0.1, 0.15) is 10.4 Å². The molecule has 0 saturated heterocycles. The molecule has 6 heteroatoms. The molecule has 1 atom stereocenters. The molecule has 0 aliphatic rings. The number of hydrogen-bond acceptors (Lipinski definition) is 4. The minimum Gasteiger partial charge on any atom is -0.394 e. The first kappa shape index (κ1) is 13.1. The molecule has 1 aromatic rings. The molecular formula is C10H13BrN2O3. The maximum absolute atomic E-state index is 11.8. The summed E-state index contributed by atoms with van der Waals surface area (Å²) in [5.74, 6) is -0.295. The molecule has 0 spiro atoms. The maximum Gasteiger partial charge on any atom is 0.254 e. The zero-order valence-electron chi connectivity index (χ0n) is 8.81. The molecule has 5 nitrogen and oxygen atoms in total. The van der Waals surface area contributed by atoms with E-state index < -0.39 is 6.04 Å².